The number of pyridine rings is 1. The predicted octanol–water partition coefficient (Wildman–Crippen LogP) is 4.15. The number of rotatable bonds is 2. The maximum atomic E-state index is 7.79. The summed E-state index contributed by atoms with van der Waals surface area (Å²) in [7, 11) is 1.90. The largest absolute Gasteiger partial charge is 0.336 e. The second kappa shape index (κ2) is 5.41. The van der Waals surface area contributed by atoms with E-state index < -0.39 is 0 Å². The Morgan fingerprint density at radius 1 is 0.810 bits per heavy atom. The molecule has 0 saturated heterocycles. The van der Waals surface area contributed by atoms with E-state index in [1.807, 2.05) is 29.9 Å². The Kier molecular flexibility index (Phi) is 3.44. The Morgan fingerprint density at radius 3 is 2.19 bits per heavy atom. The minimum Gasteiger partial charge on any atom is -0.336 e. The molecule has 0 amide bonds. The summed E-state index contributed by atoms with van der Waals surface area (Å²) in [5.74, 6) is 0. The molecule has 0 atom stereocenters. The first-order valence-electron chi connectivity index (χ1n) is 7.03. The lowest BCUT2D eigenvalue weighted by Crippen LogP contribution is -2.14. The lowest BCUT2D eigenvalue weighted by atomic mass is 9.95. The molecule has 0 aliphatic heterocycles. The number of hydrogen-bond acceptors (Lipinski definition) is 1. The Morgan fingerprint density at radius 2 is 1.52 bits per heavy atom. The number of benzene rings is 2. The first kappa shape index (κ1) is 13.4. The SMILES string of the molecule is Cc1cccc(-c2ccccc2-c2ccc(=N)n(C)c2)c1. The first-order valence-corrected chi connectivity index (χ1v) is 7.03. The maximum absolute atomic E-state index is 7.79. The van der Waals surface area contributed by atoms with E-state index in [1.54, 1.807) is 0 Å². The third-order valence-electron chi connectivity index (χ3n) is 3.70. The van der Waals surface area contributed by atoms with Crippen LogP contribution >= 0.6 is 0 Å². The molecule has 1 N–H and O–H groups in total. The van der Waals surface area contributed by atoms with Crippen LogP contribution in [0, 0.1) is 12.3 Å². The molecule has 0 spiro atoms. The summed E-state index contributed by atoms with van der Waals surface area (Å²) in [6, 6.07) is 20.8. The summed E-state index contributed by atoms with van der Waals surface area (Å²) >= 11 is 0. The molecule has 2 nitrogen and oxygen atoms in total. The van der Waals surface area contributed by atoms with Crippen molar-refractivity contribution in [1.82, 2.24) is 4.57 Å². The maximum Gasteiger partial charge on any atom is 0.124 e. The topological polar surface area (TPSA) is 28.8 Å². The summed E-state index contributed by atoms with van der Waals surface area (Å²) in [6.45, 7) is 2.11. The van der Waals surface area contributed by atoms with Gasteiger partial charge >= 0.3 is 0 Å². The van der Waals surface area contributed by atoms with Crippen molar-refractivity contribution in [2.24, 2.45) is 7.05 Å². The summed E-state index contributed by atoms with van der Waals surface area (Å²) in [4.78, 5) is 0. The lowest BCUT2D eigenvalue weighted by Gasteiger charge is -2.12. The molecule has 3 rings (SSSR count). The van der Waals surface area contributed by atoms with Crippen LogP contribution in [-0.4, -0.2) is 4.57 Å². The molecule has 104 valence electrons. The van der Waals surface area contributed by atoms with Gasteiger partial charge in [0.05, 0.1) is 0 Å². The fraction of sp³-hybridized carbons (Fsp3) is 0.105. The van der Waals surface area contributed by atoms with Crippen LogP contribution in [0.3, 0.4) is 0 Å². The van der Waals surface area contributed by atoms with Gasteiger partial charge in [-0.15, -0.1) is 0 Å². The molecule has 0 bridgehead atoms. The average molecular weight is 274 g/mol. The van der Waals surface area contributed by atoms with E-state index in [1.165, 1.54) is 22.3 Å². The molecule has 1 heterocycles. The Labute approximate surface area is 124 Å². The average Bonchev–Trinajstić information content (AvgIpc) is 2.50. The van der Waals surface area contributed by atoms with E-state index in [4.69, 9.17) is 5.41 Å². The van der Waals surface area contributed by atoms with E-state index in [-0.39, 0.29) is 0 Å². The molecule has 0 unspecified atom stereocenters. The normalized spacial score (nSPS) is 10.6. The number of aromatic nitrogens is 1. The van der Waals surface area contributed by atoms with Gasteiger partial charge < -0.3 is 4.57 Å². The van der Waals surface area contributed by atoms with Crippen LogP contribution in [-0.2, 0) is 7.05 Å². The van der Waals surface area contributed by atoms with Crippen LogP contribution in [0.1, 0.15) is 5.56 Å². The van der Waals surface area contributed by atoms with Gasteiger partial charge in [0.2, 0.25) is 0 Å². The van der Waals surface area contributed by atoms with Gasteiger partial charge in [0.15, 0.2) is 0 Å². The van der Waals surface area contributed by atoms with Crippen molar-refractivity contribution in [2.45, 2.75) is 6.92 Å². The van der Waals surface area contributed by atoms with Crippen molar-refractivity contribution in [2.75, 3.05) is 0 Å². The molecule has 0 saturated carbocycles. The van der Waals surface area contributed by atoms with Crippen molar-refractivity contribution < 1.29 is 0 Å². The number of nitrogens with one attached hydrogen (secondary N) is 1. The molecule has 0 aliphatic carbocycles. The summed E-state index contributed by atoms with van der Waals surface area (Å²) < 4.78 is 1.84. The number of nitrogens with zero attached hydrogens (tertiary/aromatic N) is 1. The Hall–Kier alpha value is -2.61. The zero-order chi connectivity index (χ0) is 14.8. The predicted molar refractivity (Wildman–Crippen MR) is 86.9 cm³/mol. The van der Waals surface area contributed by atoms with E-state index in [0.29, 0.717) is 5.49 Å². The summed E-state index contributed by atoms with van der Waals surface area (Å²) in [5, 5.41) is 7.79. The Balaban J connectivity index is 2.20. The van der Waals surface area contributed by atoms with Crippen molar-refractivity contribution in [3.05, 3.63) is 77.9 Å². The van der Waals surface area contributed by atoms with Crippen LogP contribution < -0.4 is 5.49 Å². The van der Waals surface area contributed by atoms with Crippen molar-refractivity contribution in [3.8, 4) is 22.3 Å². The molecule has 2 aromatic carbocycles. The van der Waals surface area contributed by atoms with E-state index in [9.17, 15) is 0 Å². The summed E-state index contributed by atoms with van der Waals surface area (Å²) in [5.41, 5.74) is 6.53. The molecule has 1 aromatic heterocycles. The summed E-state index contributed by atoms with van der Waals surface area (Å²) in [6.07, 6.45) is 2.01. The fourth-order valence-electron chi connectivity index (χ4n) is 2.57. The van der Waals surface area contributed by atoms with Crippen molar-refractivity contribution in [3.63, 3.8) is 0 Å². The molecular formula is C19H18N2. The molecular weight excluding hydrogens is 256 g/mol. The van der Waals surface area contributed by atoms with Gasteiger partial charge in [-0.3, -0.25) is 5.41 Å². The van der Waals surface area contributed by atoms with Gasteiger partial charge in [-0.25, -0.2) is 0 Å². The van der Waals surface area contributed by atoms with Crippen LogP contribution in [0.25, 0.3) is 22.3 Å². The van der Waals surface area contributed by atoms with Crippen LogP contribution in [0.4, 0.5) is 0 Å². The second-order valence-corrected chi connectivity index (χ2v) is 5.33. The number of aryl methyl sites for hydroxylation is 2. The molecule has 3 aromatic rings. The minimum atomic E-state index is 0.506. The van der Waals surface area contributed by atoms with Crippen LogP contribution in [0.2, 0.25) is 0 Å². The zero-order valence-electron chi connectivity index (χ0n) is 12.3. The third-order valence-corrected chi connectivity index (χ3v) is 3.70. The van der Waals surface area contributed by atoms with Crippen molar-refractivity contribution in [1.29, 1.82) is 5.41 Å². The smallest absolute Gasteiger partial charge is 0.124 e. The van der Waals surface area contributed by atoms with Crippen LogP contribution in [0.5, 0.6) is 0 Å². The Bertz CT molecular complexity index is 844. The van der Waals surface area contributed by atoms with Gasteiger partial charge in [0.1, 0.15) is 5.49 Å². The highest BCUT2D eigenvalue weighted by molar-refractivity contribution is 5.83. The molecule has 0 fully saturated rings. The van der Waals surface area contributed by atoms with Gasteiger partial charge in [0, 0.05) is 13.2 Å². The zero-order valence-corrected chi connectivity index (χ0v) is 12.3. The van der Waals surface area contributed by atoms with Gasteiger partial charge in [-0.05, 0) is 41.3 Å². The van der Waals surface area contributed by atoms with Crippen molar-refractivity contribution >= 4 is 0 Å². The third kappa shape index (κ3) is 2.65. The molecule has 21 heavy (non-hydrogen) atoms. The van der Waals surface area contributed by atoms with E-state index in [0.717, 1.165) is 5.56 Å². The molecule has 2 heteroatoms. The minimum absolute atomic E-state index is 0.506. The fourth-order valence-corrected chi connectivity index (χ4v) is 2.57. The van der Waals surface area contributed by atoms with E-state index >= 15 is 0 Å². The quantitative estimate of drug-likeness (QED) is 0.727. The highest BCUT2D eigenvalue weighted by atomic mass is 14.9. The standard InChI is InChI=1S/C19H18N2/c1-14-6-5-7-15(12-14)17-8-3-4-9-18(17)16-10-11-19(20)21(2)13-16/h3-13,20H,1-2H3. The molecule has 0 radical (unpaired) electrons. The second-order valence-electron chi connectivity index (χ2n) is 5.33. The monoisotopic (exact) mass is 274 g/mol. The van der Waals surface area contributed by atoms with Gasteiger partial charge in [-0.1, -0.05) is 54.1 Å². The van der Waals surface area contributed by atoms with Gasteiger partial charge in [-0.2, -0.15) is 0 Å². The highest BCUT2D eigenvalue weighted by Gasteiger charge is 2.07. The van der Waals surface area contributed by atoms with Gasteiger partial charge in [0.25, 0.3) is 0 Å². The van der Waals surface area contributed by atoms with Crippen LogP contribution in [0.15, 0.2) is 66.9 Å². The first-order chi connectivity index (χ1) is 10.1. The van der Waals surface area contributed by atoms with E-state index in [2.05, 4.69) is 55.5 Å². The molecule has 0 aliphatic rings. The number of hydrogen-bond donors (Lipinski definition) is 1. The lowest BCUT2D eigenvalue weighted by molar-refractivity contribution is 0.819. The highest BCUT2D eigenvalue weighted by Crippen LogP contribution is 2.31.